The fourth-order valence-corrected chi connectivity index (χ4v) is 3.30. The monoisotopic (exact) mass is 280 g/mol. The minimum Gasteiger partial charge on any atom is -0.298 e. The van der Waals surface area contributed by atoms with Crippen LogP contribution < -0.4 is 5.32 Å². The summed E-state index contributed by atoms with van der Waals surface area (Å²) in [5.74, 6) is -0.142. The summed E-state index contributed by atoms with van der Waals surface area (Å²) in [6.45, 7) is 4.43. The fraction of sp³-hybridized carbons (Fsp3) is 0.571. The van der Waals surface area contributed by atoms with Crippen molar-refractivity contribution in [3.05, 3.63) is 22.4 Å². The van der Waals surface area contributed by atoms with E-state index < -0.39 is 0 Å². The molecule has 0 aliphatic carbocycles. The maximum absolute atomic E-state index is 12.1. The Morgan fingerprint density at radius 1 is 1.47 bits per heavy atom. The van der Waals surface area contributed by atoms with Gasteiger partial charge in [0.25, 0.3) is 0 Å². The van der Waals surface area contributed by atoms with E-state index in [4.69, 9.17) is 0 Å². The number of carbonyl (C=O) groups is 2. The molecule has 2 rings (SSSR count). The molecule has 0 spiro atoms. The SMILES string of the molecule is CCCC(NC1CC(=O)N(CC)C1=O)c1cccs1. The summed E-state index contributed by atoms with van der Waals surface area (Å²) < 4.78 is 0. The molecule has 1 aliphatic rings. The highest BCUT2D eigenvalue weighted by Gasteiger charge is 2.38. The van der Waals surface area contributed by atoms with Crippen LogP contribution in [0.25, 0.3) is 0 Å². The minimum absolute atomic E-state index is 0.0635. The molecule has 5 heteroatoms. The third-order valence-corrected chi connectivity index (χ3v) is 4.41. The van der Waals surface area contributed by atoms with Crippen LogP contribution >= 0.6 is 11.3 Å². The van der Waals surface area contributed by atoms with Crippen molar-refractivity contribution in [2.45, 2.75) is 45.2 Å². The molecule has 19 heavy (non-hydrogen) atoms. The highest BCUT2D eigenvalue weighted by Crippen LogP contribution is 2.25. The van der Waals surface area contributed by atoms with Crippen LogP contribution in [0.3, 0.4) is 0 Å². The van der Waals surface area contributed by atoms with E-state index >= 15 is 0 Å². The molecular formula is C14H20N2O2S. The molecule has 1 aromatic heterocycles. The number of likely N-dealkylation sites (tertiary alicyclic amines) is 1. The molecule has 2 heterocycles. The first kappa shape index (κ1) is 14.2. The van der Waals surface area contributed by atoms with Gasteiger partial charge in [-0.3, -0.25) is 19.8 Å². The molecule has 0 aromatic carbocycles. The molecule has 1 N–H and O–H groups in total. The third-order valence-electron chi connectivity index (χ3n) is 3.43. The average Bonchev–Trinajstić information content (AvgIpc) is 2.99. The molecule has 0 radical (unpaired) electrons. The number of thiophene rings is 1. The van der Waals surface area contributed by atoms with Crippen molar-refractivity contribution >= 4 is 23.2 Å². The summed E-state index contributed by atoms with van der Waals surface area (Å²) in [5, 5.41) is 5.40. The van der Waals surface area contributed by atoms with Crippen molar-refractivity contribution in [3.63, 3.8) is 0 Å². The second-order valence-electron chi connectivity index (χ2n) is 4.76. The van der Waals surface area contributed by atoms with E-state index in [1.54, 1.807) is 11.3 Å². The quantitative estimate of drug-likeness (QED) is 0.814. The lowest BCUT2D eigenvalue weighted by Gasteiger charge is -2.20. The van der Waals surface area contributed by atoms with Crippen molar-refractivity contribution in [1.29, 1.82) is 0 Å². The van der Waals surface area contributed by atoms with Gasteiger partial charge in [0.2, 0.25) is 11.8 Å². The summed E-state index contributed by atoms with van der Waals surface area (Å²) in [6, 6.07) is 3.91. The first-order valence-electron chi connectivity index (χ1n) is 6.81. The predicted molar refractivity (Wildman–Crippen MR) is 75.9 cm³/mol. The Morgan fingerprint density at radius 3 is 2.79 bits per heavy atom. The van der Waals surface area contributed by atoms with E-state index in [1.165, 1.54) is 9.78 Å². The van der Waals surface area contributed by atoms with Crippen LogP contribution in [0.4, 0.5) is 0 Å². The number of nitrogens with one attached hydrogen (secondary N) is 1. The smallest absolute Gasteiger partial charge is 0.246 e. The predicted octanol–water partition coefficient (Wildman–Crippen LogP) is 2.33. The second kappa shape index (κ2) is 6.30. The van der Waals surface area contributed by atoms with Gasteiger partial charge in [0.1, 0.15) is 0 Å². The summed E-state index contributed by atoms with van der Waals surface area (Å²) in [7, 11) is 0. The average molecular weight is 280 g/mol. The zero-order chi connectivity index (χ0) is 13.8. The van der Waals surface area contributed by atoms with Crippen molar-refractivity contribution in [3.8, 4) is 0 Å². The van der Waals surface area contributed by atoms with Crippen LogP contribution in [-0.4, -0.2) is 29.3 Å². The lowest BCUT2D eigenvalue weighted by atomic mass is 10.1. The molecule has 1 aliphatic heterocycles. The zero-order valence-corrected chi connectivity index (χ0v) is 12.2. The molecular weight excluding hydrogens is 260 g/mol. The van der Waals surface area contributed by atoms with Crippen LogP contribution in [-0.2, 0) is 9.59 Å². The van der Waals surface area contributed by atoms with Crippen molar-refractivity contribution < 1.29 is 9.59 Å². The first-order valence-corrected chi connectivity index (χ1v) is 7.69. The Morgan fingerprint density at radius 2 is 2.26 bits per heavy atom. The van der Waals surface area contributed by atoms with Crippen molar-refractivity contribution in [2.24, 2.45) is 0 Å². The molecule has 1 saturated heterocycles. The van der Waals surface area contributed by atoms with Gasteiger partial charge in [-0.25, -0.2) is 0 Å². The highest BCUT2D eigenvalue weighted by atomic mass is 32.1. The van der Waals surface area contributed by atoms with Gasteiger partial charge in [-0.2, -0.15) is 0 Å². The molecule has 2 atom stereocenters. The van der Waals surface area contributed by atoms with Crippen molar-refractivity contribution in [2.75, 3.05) is 6.54 Å². The number of imide groups is 1. The number of rotatable bonds is 6. The Bertz CT molecular complexity index is 444. The molecule has 2 amide bonds. The number of hydrogen-bond donors (Lipinski definition) is 1. The molecule has 0 bridgehead atoms. The zero-order valence-electron chi connectivity index (χ0n) is 11.4. The van der Waals surface area contributed by atoms with Gasteiger partial charge in [0.15, 0.2) is 0 Å². The number of likely N-dealkylation sites (N-methyl/N-ethyl adjacent to an activating group) is 1. The van der Waals surface area contributed by atoms with Gasteiger partial charge in [-0.15, -0.1) is 11.3 Å². The first-order chi connectivity index (χ1) is 9.17. The molecule has 1 fully saturated rings. The van der Waals surface area contributed by atoms with Crippen molar-refractivity contribution in [1.82, 2.24) is 10.2 Å². The Kier molecular flexibility index (Phi) is 4.71. The topological polar surface area (TPSA) is 49.4 Å². The third kappa shape index (κ3) is 3.04. The van der Waals surface area contributed by atoms with E-state index in [2.05, 4.69) is 18.3 Å². The van der Waals surface area contributed by atoms with Crippen LogP contribution in [0.15, 0.2) is 17.5 Å². The summed E-state index contributed by atoms with van der Waals surface area (Å²) in [5.41, 5.74) is 0. The number of amides is 2. The van der Waals surface area contributed by atoms with Gasteiger partial charge in [-0.05, 0) is 24.8 Å². The fourth-order valence-electron chi connectivity index (χ4n) is 2.47. The molecule has 1 aromatic rings. The highest BCUT2D eigenvalue weighted by molar-refractivity contribution is 7.10. The van der Waals surface area contributed by atoms with Gasteiger partial charge in [-0.1, -0.05) is 19.4 Å². The molecule has 0 saturated carbocycles. The minimum atomic E-state index is -0.355. The van der Waals surface area contributed by atoms with Crippen LogP contribution in [0.2, 0.25) is 0 Å². The number of carbonyl (C=O) groups excluding carboxylic acids is 2. The summed E-state index contributed by atoms with van der Waals surface area (Å²) >= 11 is 1.69. The van der Waals surface area contributed by atoms with E-state index in [0.717, 1.165) is 12.8 Å². The van der Waals surface area contributed by atoms with E-state index in [-0.39, 0.29) is 30.3 Å². The van der Waals surface area contributed by atoms with Gasteiger partial charge in [0, 0.05) is 17.5 Å². The van der Waals surface area contributed by atoms with E-state index in [9.17, 15) is 9.59 Å². The van der Waals surface area contributed by atoms with Gasteiger partial charge in [0.05, 0.1) is 12.5 Å². The van der Waals surface area contributed by atoms with E-state index in [1.807, 2.05) is 18.4 Å². The Labute approximate surface area is 117 Å². The lowest BCUT2D eigenvalue weighted by molar-refractivity contribution is -0.138. The normalized spacial score (nSPS) is 21.2. The Balaban J connectivity index is 2.06. The van der Waals surface area contributed by atoms with Gasteiger partial charge >= 0.3 is 0 Å². The summed E-state index contributed by atoms with van der Waals surface area (Å²) in [6.07, 6.45) is 2.31. The van der Waals surface area contributed by atoms with Gasteiger partial charge < -0.3 is 0 Å². The molecule has 2 unspecified atom stereocenters. The lowest BCUT2D eigenvalue weighted by Crippen LogP contribution is -2.40. The maximum Gasteiger partial charge on any atom is 0.246 e. The second-order valence-corrected chi connectivity index (χ2v) is 5.74. The largest absolute Gasteiger partial charge is 0.298 e. The van der Waals surface area contributed by atoms with Crippen LogP contribution in [0.1, 0.15) is 44.0 Å². The molecule has 104 valence electrons. The molecule has 4 nitrogen and oxygen atoms in total. The van der Waals surface area contributed by atoms with E-state index in [0.29, 0.717) is 6.54 Å². The number of hydrogen-bond acceptors (Lipinski definition) is 4. The number of nitrogens with zero attached hydrogens (tertiary/aromatic N) is 1. The van der Waals surface area contributed by atoms with Crippen LogP contribution in [0, 0.1) is 0 Å². The standard InChI is InChI=1S/C14H20N2O2S/c1-3-6-10(12-7-5-8-19-12)15-11-9-13(17)16(4-2)14(11)18/h5,7-8,10-11,15H,3-4,6,9H2,1-2H3. The Hall–Kier alpha value is -1.20. The van der Waals surface area contributed by atoms with Crippen LogP contribution in [0.5, 0.6) is 0 Å². The summed E-state index contributed by atoms with van der Waals surface area (Å²) in [4.78, 5) is 26.4. The maximum atomic E-state index is 12.1.